The van der Waals surface area contributed by atoms with Crippen molar-refractivity contribution in [2.45, 2.75) is 19.3 Å². The zero-order valence-electron chi connectivity index (χ0n) is 15.8. The molecule has 6 nitrogen and oxygen atoms in total. The fourth-order valence-electron chi connectivity index (χ4n) is 3.34. The minimum absolute atomic E-state index is 0.125. The smallest absolute Gasteiger partial charge is 0.337 e. The monoisotopic (exact) mass is 368 g/mol. The van der Waals surface area contributed by atoms with Crippen molar-refractivity contribution in [3.05, 3.63) is 59.2 Å². The number of anilines is 1. The van der Waals surface area contributed by atoms with Gasteiger partial charge in [0, 0.05) is 24.7 Å². The molecule has 0 radical (unpaired) electrons. The molecule has 0 saturated carbocycles. The summed E-state index contributed by atoms with van der Waals surface area (Å²) in [5.41, 5.74) is 3.19. The van der Waals surface area contributed by atoms with E-state index in [9.17, 15) is 9.59 Å². The van der Waals surface area contributed by atoms with Gasteiger partial charge in [0.2, 0.25) is 0 Å². The van der Waals surface area contributed by atoms with Crippen molar-refractivity contribution in [2.75, 3.05) is 32.6 Å². The summed E-state index contributed by atoms with van der Waals surface area (Å²) in [6, 6.07) is 13.0. The second kappa shape index (κ2) is 8.12. The number of methoxy groups -OCH3 is 2. The number of benzene rings is 2. The first-order valence-corrected chi connectivity index (χ1v) is 8.90. The highest BCUT2D eigenvalue weighted by Gasteiger charge is 2.27. The van der Waals surface area contributed by atoms with E-state index in [4.69, 9.17) is 9.47 Å². The number of rotatable bonds is 4. The first kappa shape index (κ1) is 18.8. The lowest BCUT2D eigenvalue weighted by Gasteiger charge is -2.19. The van der Waals surface area contributed by atoms with Gasteiger partial charge >= 0.3 is 12.0 Å². The zero-order chi connectivity index (χ0) is 19.4. The molecule has 1 atom stereocenters. The molecule has 1 unspecified atom stereocenters. The third kappa shape index (κ3) is 4.22. The average molecular weight is 368 g/mol. The lowest BCUT2D eigenvalue weighted by Crippen LogP contribution is -2.33. The van der Waals surface area contributed by atoms with Crippen LogP contribution in [0.25, 0.3) is 0 Å². The van der Waals surface area contributed by atoms with Crippen LogP contribution in [0.2, 0.25) is 0 Å². The quantitative estimate of drug-likeness (QED) is 0.833. The van der Waals surface area contributed by atoms with E-state index in [-0.39, 0.29) is 6.03 Å². The highest BCUT2D eigenvalue weighted by molar-refractivity contribution is 5.93. The number of carbonyl (C=O) groups excluding carboxylic acids is 2. The Morgan fingerprint density at radius 2 is 1.85 bits per heavy atom. The lowest BCUT2D eigenvalue weighted by atomic mass is 9.98. The van der Waals surface area contributed by atoms with Crippen molar-refractivity contribution in [1.29, 1.82) is 0 Å². The average Bonchev–Trinajstić information content (AvgIpc) is 3.19. The standard InChI is InChI=1S/C21H24N2O4/c1-14-12-16(20(24)27-3)6-9-19(14)22-21(25)23-11-10-17(13-23)15-4-7-18(26-2)8-5-15/h4-9,12,17H,10-11,13H2,1-3H3,(H,22,25). The van der Waals surface area contributed by atoms with Gasteiger partial charge in [0.1, 0.15) is 5.75 Å². The van der Waals surface area contributed by atoms with E-state index in [1.54, 1.807) is 25.3 Å². The van der Waals surface area contributed by atoms with E-state index < -0.39 is 5.97 Å². The third-order valence-electron chi connectivity index (χ3n) is 4.95. The molecule has 6 heteroatoms. The van der Waals surface area contributed by atoms with Gasteiger partial charge in [-0.1, -0.05) is 12.1 Å². The SMILES string of the molecule is COC(=O)c1ccc(NC(=O)N2CCC(c3ccc(OC)cc3)C2)c(C)c1. The Bertz CT molecular complexity index is 833. The first-order valence-electron chi connectivity index (χ1n) is 8.90. The number of nitrogens with one attached hydrogen (secondary N) is 1. The van der Waals surface area contributed by atoms with Crippen molar-refractivity contribution in [3.63, 3.8) is 0 Å². The Morgan fingerprint density at radius 3 is 2.48 bits per heavy atom. The van der Waals surface area contributed by atoms with Gasteiger partial charge in [-0.15, -0.1) is 0 Å². The van der Waals surface area contributed by atoms with Crippen LogP contribution in [0.1, 0.15) is 33.8 Å². The number of ether oxygens (including phenoxy) is 2. The minimum Gasteiger partial charge on any atom is -0.497 e. The van der Waals surface area contributed by atoms with Crippen molar-refractivity contribution < 1.29 is 19.1 Å². The molecule has 1 aliphatic heterocycles. The molecule has 0 aliphatic carbocycles. The van der Waals surface area contributed by atoms with Crippen molar-refractivity contribution >= 4 is 17.7 Å². The molecule has 1 N–H and O–H groups in total. The van der Waals surface area contributed by atoms with Gasteiger partial charge in [-0.05, 0) is 54.8 Å². The molecule has 2 aromatic carbocycles. The molecule has 1 aliphatic rings. The molecule has 0 spiro atoms. The predicted octanol–water partition coefficient (Wildman–Crippen LogP) is 3.81. The Morgan fingerprint density at radius 1 is 1.11 bits per heavy atom. The molecule has 2 aromatic rings. The minimum atomic E-state index is -0.391. The van der Waals surface area contributed by atoms with E-state index in [2.05, 4.69) is 17.4 Å². The van der Waals surface area contributed by atoms with Crippen LogP contribution in [0, 0.1) is 6.92 Å². The Kier molecular flexibility index (Phi) is 5.64. The predicted molar refractivity (Wildman–Crippen MR) is 103 cm³/mol. The van der Waals surface area contributed by atoms with Crippen LogP contribution in [0.5, 0.6) is 5.75 Å². The first-order chi connectivity index (χ1) is 13.0. The highest BCUT2D eigenvalue weighted by Crippen LogP contribution is 2.29. The van der Waals surface area contributed by atoms with E-state index >= 15 is 0 Å². The molecule has 1 saturated heterocycles. The number of aryl methyl sites for hydroxylation is 1. The summed E-state index contributed by atoms with van der Waals surface area (Å²) in [5, 5.41) is 2.94. The Balaban J connectivity index is 1.62. The van der Waals surface area contributed by atoms with Gasteiger partial charge in [-0.2, -0.15) is 0 Å². The van der Waals surface area contributed by atoms with Crippen LogP contribution < -0.4 is 10.1 Å². The van der Waals surface area contributed by atoms with E-state index in [1.807, 2.05) is 24.0 Å². The summed E-state index contributed by atoms with van der Waals surface area (Å²) in [5.74, 6) is 0.763. The van der Waals surface area contributed by atoms with Gasteiger partial charge in [0.05, 0.1) is 19.8 Å². The van der Waals surface area contributed by atoms with Crippen LogP contribution in [-0.4, -0.2) is 44.2 Å². The normalized spacial score (nSPS) is 16.1. The molecule has 2 amide bonds. The van der Waals surface area contributed by atoms with Crippen molar-refractivity contribution in [2.24, 2.45) is 0 Å². The Labute approximate surface area is 159 Å². The highest BCUT2D eigenvalue weighted by atomic mass is 16.5. The molecule has 3 rings (SSSR count). The third-order valence-corrected chi connectivity index (χ3v) is 4.95. The van der Waals surface area contributed by atoms with Gasteiger partial charge < -0.3 is 19.7 Å². The summed E-state index contributed by atoms with van der Waals surface area (Å²) < 4.78 is 9.92. The fraction of sp³-hybridized carbons (Fsp3) is 0.333. The molecule has 0 aromatic heterocycles. The summed E-state index contributed by atoms with van der Waals surface area (Å²) in [4.78, 5) is 26.0. The molecule has 27 heavy (non-hydrogen) atoms. The second-order valence-electron chi connectivity index (χ2n) is 6.66. The zero-order valence-corrected chi connectivity index (χ0v) is 15.8. The Hall–Kier alpha value is -3.02. The number of urea groups is 1. The topological polar surface area (TPSA) is 67.9 Å². The molecular weight excluding hydrogens is 344 g/mol. The van der Waals surface area contributed by atoms with Crippen LogP contribution in [-0.2, 0) is 4.74 Å². The van der Waals surface area contributed by atoms with Crippen LogP contribution in [0.4, 0.5) is 10.5 Å². The summed E-state index contributed by atoms with van der Waals surface area (Å²) in [6.45, 7) is 3.24. The van der Waals surface area contributed by atoms with Crippen molar-refractivity contribution in [1.82, 2.24) is 4.90 Å². The van der Waals surface area contributed by atoms with Crippen LogP contribution in [0.3, 0.4) is 0 Å². The second-order valence-corrected chi connectivity index (χ2v) is 6.66. The largest absolute Gasteiger partial charge is 0.497 e. The van der Waals surface area contributed by atoms with E-state index in [0.717, 1.165) is 17.7 Å². The summed E-state index contributed by atoms with van der Waals surface area (Å²) in [7, 11) is 3.00. The molecular formula is C21H24N2O4. The molecule has 1 heterocycles. The van der Waals surface area contributed by atoms with E-state index in [1.165, 1.54) is 12.7 Å². The number of likely N-dealkylation sites (tertiary alicyclic amines) is 1. The van der Waals surface area contributed by atoms with Crippen LogP contribution in [0.15, 0.2) is 42.5 Å². The lowest BCUT2D eigenvalue weighted by molar-refractivity contribution is 0.0600. The maximum absolute atomic E-state index is 12.6. The number of carbonyl (C=O) groups is 2. The van der Waals surface area contributed by atoms with Gasteiger partial charge in [-0.3, -0.25) is 0 Å². The molecule has 1 fully saturated rings. The number of nitrogens with zero attached hydrogens (tertiary/aromatic N) is 1. The fourth-order valence-corrected chi connectivity index (χ4v) is 3.34. The number of esters is 1. The summed E-state index contributed by atoms with van der Waals surface area (Å²) >= 11 is 0. The van der Waals surface area contributed by atoms with Gasteiger partial charge in [0.15, 0.2) is 0 Å². The van der Waals surface area contributed by atoms with Gasteiger partial charge in [-0.25, -0.2) is 9.59 Å². The number of hydrogen-bond acceptors (Lipinski definition) is 4. The van der Waals surface area contributed by atoms with E-state index in [0.29, 0.717) is 30.3 Å². The number of amides is 2. The maximum Gasteiger partial charge on any atom is 0.337 e. The molecule has 142 valence electrons. The van der Waals surface area contributed by atoms with Gasteiger partial charge in [0.25, 0.3) is 0 Å². The molecule has 0 bridgehead atoms. The number of hydrogen-bond donors (Lipinski definition) is 1. The van der Waals surface area contributed by atoms with Crippen molar-refractivity contribution in [3.8, 4) is 5.75 Å². The van der Waals surface area contributed by atoms with Crippen LogP contribution >= 0.6 is 0 Å². The maximum atomic E-state index is 12.6. The summed E-state index contributed by atoms with van der Waals surface area (Å²) in [6.07, 6.45) is 0.931.